The van der Waals surface area contributed by atoms with E-state index >= 15 is 0 Å². The van der Waals surface area contributed by atoms with E-state index in [0.717, 1.165) is 24.1 Å². The molecule has 1 unspecified atom stereocenters. The van der Waals surface area contributed by atoms with E-state index in [2.05, 4.69) is 21.6 Å². The molecule has 0 radical (unpaired) electrons. The van der Waals surface area contributed by atoms with Gasteiger partial charge in [0, 0.05) is 25.2 Å². The Balaban J connectivity index is 2.26. The van der Waals surface area contributed by atoms with Gasteiger partial charge in [-0.1, -0.05) is 6.92 Å². The van der Waals surface area contributed by atoms with E-state index in [-0.39, 0.29) is 0 Å². The monoisotopic (exact) mass is 201 g/mol. The quantitative estimate of drug-likeness (QED) is 0.785. The summed E-state index contributed by atoms with van der Waals surface area (Å²) in [5, 5.41) is 4.10. The second-order valence-corrected chi connectivity index (χ2v) is 3.84. The summed E-state index contributed by atoms with van der Waals surface area (Å²) < 4.78 is 9.10. The topological polar surface area (TPSA) is 47.0 Å². The van der Waals surface area contributed by atoms with Crippen molar-refractivity contribution >= 4 is 16.7 Å². The van der Waals surface area contributed by atoms with Gasteiger partial charge in [-0.15, -0.1) is 0 Å². The molecule has 0 aromatic carbocycles. The molecule has 1 heterocycles. The number of hydrogen-bond acceptors (Lipinski definition) is 5. The van der Waals surface area contributed by atoms with Crippen LogP contribution in [0.2, 0.25) is 0 Å². The molecule has 4 nitrogen and oxygen atoms in total. The van der Waals surface area contributed by atoms with Gasteiger partial charge >= 0.3 is 0 Å². The fraction of sp³-hybridized carbons (Fsp3) is 0.750. The molecular weight excluding hydrogens is 186 g/mol. The van der Waals surface area contributed by atoms with Gasteiger partial charge in [-0.05, 0) is 12.8 Å². The van der Waals surface area contributed by atoms with E-state index in [1.54, 1.807) is 7.11 Å². The summed E-state index contributed by atoms with van der Waals surface area (Å²) in [6.07, 6.45) is 0. The highest BCUT2D eigenvalue weighted by Gasteiger charge is 2.03. The van der Waals surface area contributed by atoms with Crippen molar-refractivity contribution in [1.29, 1.82) is 0 Å². The standard InChI is InChI=1S/C8H15N3OS/c1-6(5-12-3)4-9-8-10-7(2)11-13-8/h6H,4-5H2,1-3H3,(H,9,10,11). The van der Waals surface area contributed by atoms with Gasteiger partial charge in [0.15, 0.2) is 0 Å². The summed E-state index contributed by atoms with van der Waals surface area (Å²) in [5.74, 6) is 1.32. The molecule has 1 rings (SSSR count). The third kappa shape index (κ3) is 3.69. The molecule has 0 aliphatic heterocycles. The van der Waals surface area contributed by atoms with Crippen LogP contribution in [-0.4, -0.2) is 29.6 Å². The Hall–Kier alpha value is -0.680. The van der Waals surface area contributed by atoms with E-state index in [1.807, 2.05) is 6.92 Å². The minimum Gasteiger partial charge on any atom is -0.384 e. The van der Waals surface area contributed by atoms with Crippen molar-refractivity contribution in [3.63, 3.8) is 0 Å². The minimum absolute atomic E-state index is 0.495. The van der Waals surface area contributed by atoms with Gasteiger partial charge < -0.3 is 10.1 Å². The van der Waals surface area contributed by atoms with E-state index < -0.39 is 0 Å². The number of anilines is 1. The highest BCUT2D eigenvalue weighted by Crippen LogP contribution is 2.10. The van der Waals surface area contributed by atoms with Crippen molar-refractivity contribution in [3.05, 3.63) is 5.82 Å². The molecule has 0 amide bonds. The maximum atomic E-state index is 5.02. The highest BCUT2D eigenvalue weighted by atomic mass is 32.1. The number of rotatable bonds is 5. The molecule has 1 N–H and O–H groups in total. The SMILES string of the molecule is COCC(C)CNc1nc(C)ns1. The zero-order valence-corrected chi connectivity index (χ0v) is 9.02. The number of ether oxygens (including phenoxy) is 1. The average molecular weight is 201 g/mol. The van der Waals surface area contributed by atoms with Gasteiger partial charge in [-0.25, -0.2) is 4.98 Å². The zero-order valence-electron chi connectivity index (χ0n) is 8.20. The van der Waals surface area contributed by atoms with Gasteiger partial charge in [0.1, 0.15) is 5.82 Å². The molecule has 1 atom stereocenters. The van der Waals surface area contributed by atoms with Gasteiger partial charge in [0.25, 0.3) is 0 Å². The summed E-state index contributed by atoms with van der Waals surface area (Å²) in [4.78, 5) is 4.20. The lowest BCUT2D eigenvalue weighted by molar-refractivity contribution is 0.164. The van der Waals surface area contributed by atoms with Gasteiger partial charge in [-0.2, -0.15) is 4.37 Å². The Bertz CT molecular complexity index is 251. The fourth-order valence-corrected chi connectivity index (χ4v) is 1.55. The molecule has 0 aliphatic rings. The Morgan fingerprint density at radius 3 is 2.92 bits per heavy atom. The number of nitrogens with zero attached hydrogens (tertiary/aromatic N) is 2. The zero-order chi connectivity index (χ0) is 9.68. The van der Waals surface area contributed by atoms with Crippen LogP contribution in [0.4, 0.5) is 5.13 Å². The minimum atomic E-state index is 0.495. The van der Waals surface area contributed by atoms with E-state index in [1.165, 1.54) is 11.5 Å². The molecule has 74 valence electrons. The maximum absolute atomic E-state index is 5.02. The predicted molar refractivity (Wildman–Crippen MR) is 54.2 cm³/mol. The Morgan fingerprint density at radius 2 is 2.38 bits per heavy atom. The molecule has 1 aromatic heterocycles. The summed E-state index contributed by atoms with van der Waals surface area (Å²) in [6, 6.07) is 0. The molecule has 0 saturated carbocycles. The first-order valence-corrected chi connectivity index (χ1v) is 5.03. The van der Waals surface area contributed by atoms with E-state index in [4.69, 9.17) is 4.74 Å². The lowest BCUT2D eigenvalue weighted by atomic mass is 10.2. The van der Waals surface area contributed by atoms with Crippen LogP contribution in [-0.2, 0) is 4.74 Å². The summed E-state index contributed by atoms with van der Waals surface area (Å²) in [5.41, 5.74) is 0. The van der Waals surface area contributed by atoms with Crippen molar-refractivity contribution in [3.8, 4) is 0 Å². The lowest BCUT2D eigenvalue weighted by Gasteiger charge is -2.09. The van der Waals surface area contributed by atoms with Crippen molar-refractivity contribution < 1.29 is 4.74 Å². The lowest BCUT2D eigenvalue weighted by Crippen LogP contribution is -2.15. The largest absolute Gasteiger partial charge is 0.384 e. The molecule has 13 heavy (non-hydrogen) atoms. The average Bonchev–Trinajstić information content (AvgIpc) is 2.49. The number of aromatic nitrogens is 2. The number of aryl methyl sites for hydroxylation is 1. The third-order valence-corrected chi connectivity index (χ3v) is 2.34. The van der Waals surface area contributed by atoms with Crippen LogP contribution in [0.3, 0.4) is 0 Å². The molecule has 1 aromatic rings. The summed E-state index contributed by atoms with van der Waals surface area (Å²) >= 11 is 1.40. The number of nitrogens with one attached hydrogen (secondary N) is 1. The predicted octanol–water partition coefficient (Wildman–Crippen LogP) is 1.54. The molecule has 0 spiro atoms. The second-order valence-electron chi connectivity index (χ2n) is 3.09. The third-order valence-electron chi connectivity index (χ3n) is 1.58. The van der Waals surface area contributed by atoms with Crippen LogP contribution in [0, 0.1) is 12.8 Å². The van der Waals surface area contributed by atoms with Gasteiger partial charge in [0.05, 0.1) is 6.61 Å². The van der Waals surface area contributed by atoms with Gasteiger partial charge in [-0.3, -0.25) is 0 Å². The van der Waals surface area contributed by atoms with Crippen molar-refractivity contribution in [2.24, 2.45) is 5.92 Å². The van der Waals surface area contributed by atoms with Crippen LogP contribution >= 0.6 is 11.5 Å². The fourth-order valence-electron chi connectivity index (χ4n) is 0.974. The highest BCUT2D eigenvalue weighted by molar-refractivity contribution is 7.09. The summed E-state index contributed by atoms with van der Waals surface area (Å²) in [7, 11) is 1.71. The van der Waals surface area contributed by atoms with Crippen LogP contribution < -0.4 is 5.32 Å². The Kier molecular flexibility index (Phi) is 4.11. The summed E-state index contributed by atoms with van der Waals surface area (Å²) in [6.45, 7) is 5.66. The van der Waals surface area contributed by atoms with Crippen LogP contribution in [0.1, 0.15) is 12.7 Å². The normalized spacial score (nSPS) is 12.8. The molecule has 5 heteroatoms. The van der Waals surface area contributed by atoms with Crippen molar-refractivity contribution in [1.82, 2.24) is 9.36 Å². The Labute approximate surface area is 82.5 Å². The second kappa shape index (κ2) is 5.14. The van der Waals surface area contributed by atoms with Crippen LogP contribution in [0.15, 0.2) is 0 Å². The van der Waals surface area contributed by atoms with Crippen molar-refractivity contribution in [2.45, 2.75) is 13.8 Å². The first kappa shape index (κ1) is 10.4. The number of hydrogen-bond donors (Lipinski definition) is 1. The molecule has 0 saturated heterocycles. The first-order chi connectivity index (χ1) is 6.22. The van der Waals surface area contributed by atoms with Crippen molar-refractivity contribution in [2.75, 3.05) is 25.6 Å². The van der Waals surface area contributed by atoms with E-state index in [0.29, 0.717) is 5.92 Å². The first-order valence-electron chi connectivity index (χ1n) is 4.25. The molecule has 0 fully saturated rings. The molecule has 0 bridgehead atoms. The Morgan fingerprint density at radius 1 is 1.62 bits per heavy atom. The van der Waals surface area contributed by atoms with Crippen LogP contribution in [0.25, 0.3) is 0 Å². The van der Waals surface area contributed by atoms with Gasteiger partial charge in [0.2, 0.25) is 5.13 Å². The molecule has 0 aliphatic carbocycles. The maximum Gasteiger partial charge on any atom is 0.202 e. The smallest absolute Gasteiger partial charge is 0.202 e. The number of methoxy groups -OCH3 is 1. The van der Waals surface area contributed by atoms with Crippen LogP contribution in [0.5, 0.6) is 0 Å². The van der Waals surface area contributed by atoms with E-state index in [9.17, 15) is 0 Å². The molecular formula is C8H15N3OS.